The van der Waals surface area contributed by atoms with Crippen LogP contribution in [0.25, 0.3) is 0 Å². The fourth-order valence-electron chi connectivity index (χ4n) is 1.35. The number of rotatable bonds is 5. The Morgan fingerprint density at radius 1 is 1.65 bits per heavy atom. The van der Waals surface area contributed by atoms with E-state index in [1.807, 2.05) is 24.4 Å². The Morgan fingerprint density at radius 2 is 2.53 bits per heavy atom. The van der Waals surface area contributed by atoms with E-state index in [1.54, 1.807) is 29.3 Å². The van der Waals surface area contributed by atoms with E-state index < -0.39 is 0 Å². The molecule has 2 heterocycles. The van der Waals surface area contributed by atoms with E-state index >= 15 is 0 Å². The molecule has 0 aromatic carbocycles. The van der Waals surface area contributed by atoms with Gasteiger partial charge in [-0.25, -0.2) is 0 Å². The van der Waals surface area contributed by atoms with E-state index in [0.717, 1.165) is 16.2 Å². The van der Waals surface area contributed by atoms with Gasteiger partial charge in [0, 0.05) is 5.56 Å². The van der Waals surface area contributed by atoms with E-state index in [9.17, 15) is 4.79 Å². The summed E-state index contributed by atoms with van der Waals surface area (Å²) in [4.78, 5) is 11.7. The van der Waals surface area contributed by atoms with Crippen molar-refractivity contribution in [3.8, 4) is 0 Å². The van der Waals surface area contributed by atoms with Crippen LogP contribution in [0.5, 0.6) is 0 Å². The van der Waals surface area contributed by atoms with Gasteiger partial charge in [-0.05, 0) is 17.9 Å². The Morgan fingerprint density at radius 3 is 3.24 bits per heavy atom. The molecule has 0 aliphatic carbocycles. The Labute approximate surface area is 108 Å². The van der Waals surface area contributed by atoms with Gasteiger partial charge in [-0.15, -0.1) is 23.1 Å². The molecule has 2 N–H and O–H groups in total. The van der Waals surface area contributed by atoms with Crippen molar-refractivity contribution in [1.82, 2.24) is 10.2 Å². The van der Waals surface area contributed by atoms with Gasteiger partial charge in [-0.1, -0.05) is 13.0 Å². The molecular formula is C11H13N3OS2. The molecule has 4 nitrogen and oxygen atoms in total. The lowest BCUT2D eigenvalue weighted by atomic mass is 10.2. The molecule has 0 radical (unpaired) electrons. The molecule has 2 rings (SSSR count). The highest BCUT2D eigenvalue weighted by molar-refractivity contribution is 8.01. The number of thiophene rings is 1. The summed E-state index contributed by atoms with van der Waals surface area (Å²) >= 11 is 3.19. The average molecular weight is 267 g/mol. The highest BCUT2D eigenvalue weighted by Crippen LogP contribution is 2.23. The van der Waals surface area contributed by atoms with E-state index in [1.165, 1.54) is 0 Å². The van der Waals surface area contributed by atoms with Crippen LogP contribution in [0.2, 0.25) is 0 Å². The quantitative estimate of drug-likeness (QED) is 0.819. The molecule has 17 heavy (non-hydrogen) atoms. The Balaban J connectivity index is 1.85. The summed E-state index contributed by atoms with van der Waals surface area (Å²) in [6, 6.07) is 3.99. The minimum absolute atomic E-state index is 0.0117. The molecule has 0 spiro atoms. The van der Waals surface area contributed by atoms with Crippen molar-refractivity contribution in [2.45, 2.75) is 17.6 Å². The number of thioether (sulfide) groups is 1. The Bertz CT molecular complexity index is 479. The van der Waals surface area contributed by atoms with Crippen molar-refractivity contribution >= 4 is 34.8 Å². The number of aryl methyl sites for hydroxylation is 1. The van der Waals surface area contributed by atoms with Gasteiger partial charge < -0.3 is 5.32 Å². The topological polar surface area (TPSA) is 57.8 Å². The third kappa shape index (κ3) is 3.34. The second-order valence-electron chi connectivity index (χ2n) is 3.39. The smallest absolute Gasteiger partial charge is 0.235 e. The number of nitrogens with one attached hydrogen (secondary N) is 2. The lowest BCUT2D eigenvalue weighted by molar-refractivity contribution is -0.113. The maximum Gasteiger partial charge on any atom is 0.235 e. The van der Waals surface area contributed by atoms with E-state index in [2.05, 4.69) is 15.5 Å². The van der Waals surface area contributed by atoms with Crippen LogP contribution >= 0.6 is 23.1 Å². The van der Waals surface area contributed by atoms with Crippen molar-refractivity contribution < 1.29 is 4.79 Å². The molecule has 0 saturated heterocycles. The SMILES string of the molecule is CCc1cn[nH]c1NC(=O)CSc1cccs1. The van der Waals surface area contributed by atoms with Crippen molar-refractivity contribution in [3.63, 3.8) is 0 Å². The summed E-state index contributed by atoms with van der Waals surface area (Å²) in [6.07, 6.45) is 2.59. The van der Waals surface area contributed by atoms with E-state index in [-0.39, 0.29) is 5.91 Å². The molecule has 1 amide bonds. The number of anilines is 1. The molecule has 2 aromatic rings. The van der Waals surface area contributed by atoms with Crippen LogP contribution in [0.3, 0.4) is 0 Å². The fourth-order valence-corrected chi connectivity index (χ4v) is 2.93. The summed E-state index contributed by atoms with van der Waals surface area (Å²) in [7, 11) is 0. The van der Waals surface area contributed by atoms with Crippen LogP contribution in [0, 0.1) is 0 Å². The first-order valence-corrected chi connectivity index (χ1v) is 7.14. The number of hydrogen-bond donors (Lipinski definition) is 2. The summed E-state index contributed by atoms with van der Waals surface area (Å²) in [5.74, 6) is 1.12. The second kappa shape index (κ2) is 5.88. The van der Waals surface area contributed by atoms with Crippen molar-refractivity contribution in [2.75, 3.05) is 11.1 Å². The number of H-pyrrole nitrogens is 1. The average Bonchev–Trinajstić information content (AvgIpc) is 2.97. The third-order valence-corrected chi connectivity index (χ3v) is 4.33. The van der Waals surface area contributed by atoms with E-state index in [0.29, 0.717) is 11.6 Å². The van der Waals surface area contributed by atoms with Crippen molar-refractivity contribution in [2.24, 2.45) is 0 Å². The van der Waals surface area contributed by atoms with Crippen LogP contribution in [0.1, 0.15) is 12.5 Å². The van der Waals surface area contributed by atoms with E-state index in [4.69, 9.17) is 0 Å². The number of amides is 1. The predicted molar refractivity (Wildman–Crippen MR) is 71.6 cm³/mol. The largest absolute Gasteiger partial charge is 0.310 e. The normalized spacial score (nSPS) is 10.4. The number of carbonyl (C=O) groups excluding carboxylic acids is 1. The van der Waals surface area contributed by atoms with Gasteiger partial charge in [0.25, 0.3) is 0 Å². The highest BCUT2D eigenvalue weighted by atomic mass is 32.2. The summed E-state index contributed by atoms with van der Waals surface area (Å²) in [5.41, 5.74) is 1.03. The van der Waals surface area contributed by atoms with Gasteiger partial charge in [-0.3, -0.25) is 9.89 Å². The first-order valence-electron chi connectivity index (χ1n) is 5.28. The van der Waals surface area contributed by atoms with Crippen LogP contribution in [-0.2, 0) is 11.2 Å². The summed E-state index contributed by atoms with van der Waals surface area (Å²) in [6.45, 7) is 2.03. The second-order valence-corrected chi connectivity index (χ2v) is 5.62. The number of hydrogen-bond acceptors (Lipinski definition) is 4. The van der Waals surface area contributed by atoms with Crippen molar-refractivity contribution in [1.29, 1.82) is 0 Å². The number of nitrogens with zero attached hydrogens (tertiary/aromatic N) is 1. The monoisotopic (exact) mass is 267 g/mol. The van der Waals surface area contributed by atoms with Crippen LogP contribution in [0.15, 0.2) is 27.9 Å². The standard InChI is InChI=1S/C11H13N3OS2/c1-2-8-6-12-14-11(8)13-9(15)7-17-10-4-3-5-16-10/h3-6H,2,7H2,1H3,(H2,12,13,14,15). The minimum atomic E-state index is -0.0117. The maximum atomic E-state index is 11.7. The Hall–Kier alpha value is -1.27. The van der Waals surface area contributed by atoms with Gasteiger partial charge in [0.15, 0.2) is 0 Å². The lowest BCUT2D eigenvalue weighted by Crippen LogP contribution is -2.15. The minimum Gasteiger partial charge on any atom is -0.310 e. The molecule has 0 aliphatic rings. The molecular weight excluding hydrogens is 254 g/mol. The van der Waals surface area contributed by atoms with Crippen LogP contribution in [-0.4, -0.2) is 21.9 Å². The first-order chi connectivity index (χ1) is 8.29. The summed E-state index contributed by atoms with van der Waals surface area (Å²) < 4.78 is 1.15. The van der Waals surface area contributed by atoms with Gasteiger partial charge in [0.05, 0.1) is 16.2 Å². The van der Waals surface area contributed by atoms with Crippen molar-refractivity contribution in [3.05, 3.63) is 29.3 Å². The third-order valence-electron chi connectivity index (χ3n) is 2.20. The molecule has 90 valence electrons. The van der Waals surface area contributed by atoms with Crippen LogP contribution < -0.4 is 5.32 Å². The predicted octanol–water partition coefficient (Wildman–Crippen LogP) is 2.76. The number of aromatic amines is 1. The zero-order chi connectivity index (χ0) is 12.1. The van der Waals surface area contributed by atoms with Gasteiger partial charge >= 0.3 is 0 Å². The summed E-state index contributed by atoms with van der Waals surface area (Å²) in [5, 5.41) is 11.5. The first kappa shape index (κ1) is 12.2. The Kier molecular flexibility index (Phi) is 4.22. The number of carbonyl (C=O) groups is 1. The van der Waals surface area contributed by atoms with Gasteiger partial charge in [0.1, 0.15) is 5.82 Å². The van der Waals surface area contributed by atoms with Gasteiger partial charge in [0.2, 0.25) is 5.91 Å². The molecule has 0 atom stereocenters. The van der Waals surface area contributed by atoms with Crippen LogP contribution in [0.4, 0.5) is 5.82 Å². The molecule has 0 unspecified atom stereocenters. The molecule has 0 saturated carbocycles. The molecule has 0 aliphatic heterocycles. The zero-order valence-corrected chi connectivity index (χ0v) is 11.0. The lowest BCUT2D eigenvalue weighted by Gasteiger charge is -2.03. The van der Waals surface area contributed by atoms with Gasteiger partial charge in [-0.2, -0.15) is 5.10 Å². The molecule has 6 heteroatoms. The zero-order valence-electron chi connectivity index (χ0n) is 9.40. The maximum absolute atomic E-state index is 11.7. The number of aromatic nitrogens is 2. The molecule has 2 aromatic heterocycles. The fraction of sp³-hybridized carbons (Fsp3) is 0.273. The molecule has 0 fully saturated rings. The highest BCUT2D eigenvalue weighted by Gasteiger charge is 2.08. The molecule has 0 bridgehead atoms.